The Morgan fingerprint density at radius 2 is 2.00 bits per heavy atom. The highest BCUT2D eigenvalue weighted by Crippen LogP contribution is 2.22. The molecule has 1 aliphatic heterocycles. The Balaban J connectivity index is 1.42. The topological polar surface area (TPSA) is 107 Å². The monoisotopic (exact) mass is 459 g/mol. The molecule has 12 heteroatoms. The van der Waals surface area contributed by atoms with Crippen molar-refractivity contribution < 1.29 is 23.0 Å². The molecular formula is C21H23F2N7O3. The molecule has 10 nitrogen and oxygen atoms in total. The van der Waals surface area contributed by atoms with Gasteiger partial charge in [0, 0.05) is 25.2 Å². The molecular weight excluding hydrogens is 436 g/mol. The minimum atomic E-state index is -2.53. The zero-order valence-corrected chi connectivity index (χ0v) is 18.1. The van der Waals surface area contributed by atoms with Gasteiger partial charge in [-0.2, -0.15) is 0 Å². The van der Waals surface area contributed by atoms with Crippen molar-refractivity contribution in [3.8, 4) is 11.6 Å². The van der Waals surface area contributed by atoms with Crippen molar-refractivity contribution in [3.63, 3.8) is 0 Å². The summed E-state index contributed by atoms with van der Waals surface area (Å²) in [5, 5.41) is 19.1. The number of benzene rings is 1. The van der Waals surface area contributed by atoms with Crippen molar-refractivity contribution in [2.45, 2.75) is 26.1 Å². The molecule has 1 aromatic carbocycles. The number of nitrogens with zero attached hydrogens (tertiary/aromatic N) is 6. The fraction of sp³-hybridized carbons (Fsp3) is 0.381. The zero-order chi connectivity index (χ0) is 23.4. The zero-order valence-electron chi connectivity index (χ0n) is 18.1. The number of alkyl halides is 2. The van der Waals surface area contributed by atoms with Gasteiger partial charge in [-0.05, 0) is 25.1 Å². The van der Waals surface area contributed by atoms with Gasteiger partial charge in [0.25, 0.3) is 12.3 Å². The fourth-order valence-electron chi connectivity index (χ4n) is 3.39. The number of anilines is 1. The first kappa shape index (κ1) is 22.5. The van der Waals surface area contributed by atoms with E-state index >= 15 is 0 Å². The fourth-order valence-corrected chi connectivity index (χ4v) is 3.39. The third-order valence-corrected chi connectivity index (χ3v) is 5.26. The van der Waals surface area contributed by atoms with Crippen LogP contribution in [0.5, 0.6) is 5.88 Å². The van der Waals surface area contributed by atoms with Crippen molar-refractivity contribution in [2.75, 3.05) is 31.6 Å². The molecule has 0 radical (unpaired) electrons. The molecule has 0 aliphatic carbocycles. The van der Waals surface area contributed by atoms with E-state index in [0.29, 0.717) is 48.5 Å². The molecule has 1 aliphatic rings. The number of aryl methyl sites for hydroxylation is 1. The smallest absolute Gasteiger partial charge is 0.263 e. The predicted octanol–water partition coefficient (Wildman–Crippen LogP) is 1.83. The summed E-state index contributed by atoms with van der Waals surface area (Å²) in [5.74, 6) is 0.730. The summed E-state index contributed by atoms with van der Waals surface area (Å²) >= 11 is 0. The molecule has 4 rings (SSSR count). The number of rotatable bonds is 7. The van der Waals surface area contributed by atoms with E-state index in [-0.39, 0.29) is 18.1 Å². The van der Waals surface area contributed by atoms with Gasteiger partial charge in [-0.25, -0.2) is 13.5 Å². The van der Waals surface area contributed by atoms with E-state index in [0.717, 1.165) is 0 Å². The molecule has 1 atom stereocenters. The first-order valence-electron chi connectivity index (χ1n) is 10.3. The van der Waals surface area contributed by atoms with Gasteiger partial charge in [-0.3, -0.25) is 4.79 Å². The van der Waals surface area contributed by atoms with Crippen LogP contribution in [0.2, 0.25) is 0 Å². The van der Waals surface area contributed by atoms with Crippen LogP contribution < -0.4 is 15.0 Å². The van der Waals surface area contributed by atoms with Crippen molar-refractivity contribution in [2.24, 2.45) is 0 Å². The van der Waals surface area contributed by atoms with E-state index in [1.165, 1.54) is 12.1 Å². The van der Waals surface area contributed by atoms with E-state index in [4.69, 9.17) is 9.47 Å². The highest BCUT2D eigenvalue weighted by molar-refractivity contribution is 5.81. The summed E-state index contributed by atoms with van der Waals surface area (Å²) < 4.78 is 38.4. The molecule has 174 valence electrons. The van der Waals surface area contributed by atoms with Gasteiger partial charge in [0.1, 0.15) is 12.3 Å². The predicted molar refractivity (Wildman–Crippen MR) is 113 cm³/mol. The summed E-state index contributed by atoms with van der Waals surface area (Å²) in [5.41, 5.74) is 1.84. The first-order valence-corrected chi connectivity index (χ1v) is 10.3. The number of amides is 1. The highest BCUT2D eigenvalue weighted by Gasteiger charge is 2.26. The number of hydrogen-bond donors (Lipinski definition) is 1. The molecule has 1 unspecified atom stereocenters. The molecule has 1 amide bonds. The number of likely N-dealkylation sites (N-methyl/N-ethyl adjacent to an activating group) is 1. The first-order chi connectivity index (χ1) is 16.0. The Kier molecular flexibility index (Phi) is 6.73. The average molecular weight is 459 g/mol. The van der Waals surface area contributed by atoms with Crippen molar-refractivity contribution in [1.29, 1.82) is 0 Å². The van der Waals surface area contributed by atoms with Crippen LogP contribution >= 0.6 is 0 Å². The molecule has 1 fully saturated rings. The molecule has 0 saturated carbocycles. The van der Waals surface area contributed by atoms with E-state index in [1.807, 2.05) is 4.90 Å². The van der Waals surface area contributed by atoms with Crippen LogP contribution in [0.15, 0.2) is 36.4 Å². The van der Waals surface area contributed by atoms with Gasteiger partial charge in [0.15, 0.2) is 11.9 Å². The summed E-state index contributed by atoms with van der Waals surface area (Å²) in [7, 11) is 1.57. The lowest BCUT2D eigenvalue weighted by Crippen LogP contribution is -2.49. The van der Waals surface area contributed by atoms with Gasteiger partial charge >= 0.3 is 0 Å². The third kappa shape index (κ3) is 5.06. The van der Waals surface area contributed by atoms with E-state index in [2.05, 4.69) is 25.8 Å². The standard InChI is InChI=1S/C21H23F2N7O3/c1-13-16(30(28-25-13)15-5-3-14(4-6-15)20(22)23)12-33-19-8-7-18(26-27-19)29-9-10-32-17(11-29)21(31)24-2/h3-8,17,20H,9-12H2,1-2H3,(H,24,31). The second-order valence-electron chi connectivity index (χ2n) is 7.36. The SMILES string of the molecule is CNC(=O)C1CN(c2ccc(OCc3c(C)nnn3-c3ccc(C(F)F)cc3)nn2)CCO1. The molecule has 1 saturated heterocycles. The quantitative estimate of drug-likeness (QED) is 0.570. The van der Waals surface area contributed by atoms with Crippen molar-refractivity contribution >= 4 is 11.7 Å². The van der Waals surface area contributed by atoms with Gasteiger partial charge in [0.2, 0.25) is 5.88 Å². The van der Waals surface area contributed by atoms with Gasteiger partial charge in [0.05, 0.1) is 24.5 Å². The Bertz CT molecular complexity index is 1090. The molecule has 3 aromatic rings. The average Bonchev–Trinajstić information content (AvgIpc) is 3.22. The second-order valence-corrected chi connectivity index (χ2v) is 7.36. The summed E-state index contributed by atoms with van der Waals surface area (Å²) in [6, 6.07) is 9.27. The van der Waals surface area contributed by atoms with E-state index < -0.39 is 12.5 Å². The minimum Gasteiger partial charge on any atom is -0.470 e. The Hall–Kier alpha value is -3.67. The Morgan fingerprint density at radius 1 is 1.21 bits per heavy atom. The van der Waals surface area contributed by atoms with Gasteiger partial charge in [-0.15, -0.1) is 15.3 Å². The molecule has 3 heterocycles. The maximum atomic E-state index is 12.8. The van der Waals surface area contributed by atoms with Crippen LogP contribution in [0.1, 0.15) is 23.4 Å². The lowest BCUT2D eigenvalue weighted by Gasteiger charge is -2.32. The normalized spacial score (nSPS) is 16.2. The van der Waals surface area contributed by atoms with Crippen LogP contribution in [0.25, 0.3) is 5.69 Å². The van der Waals surface area contributed by atoms with E-state index in [1.54, 1.807) is 42.9 Å². The summed E-state index contributed by atoms with van der Waals surface area (Å²) in [6.07, 6.45) is -3.10. The highest BCUT2D eigenvalue weighted by atomic mass is 19.3. The maximum absolute atomic E-state index is 12.8. The number of carbonyl (C=O) groups is 1. The number of nitrogens with one attached hydrogen (secondary N) is 1. The van der Waals surface area contributed by atoms with Crippen LogP contribution in [-0.2, 0) is 16.1 Å². The Morgan fingerprint density at radius 3 is 2.67 bits per heavy atom. The Labute approximate surface area is 188 Å². The lowest BCUT2D eigenvalue weighted by atomic mass is 10.2. The number of halogens is 2. The maximum Gasteiger partial charge on any atom is 0.263 e. The van der Waals surface area contributed by atoms with Crippen LogP contribution in [0.4, 0.5) is 14.6 Å². The number of carbonyl (C=O) groups excluding carboxylic acids is 1. The third-order valence-electron chi connectivity index (χ3n) is 5.26. The molecule has 0 spiro atoms. The van der Waals surface area contributed by atoms with Crippen molar-refractivity contribution in [3.05, 3.63) is 53.3 Å². The lowest BCUT2D eigenvalue weighted by molar-refractivity contribution is -0.132. The largest absolute Gasteiger partial charge is 0.470 e. The number of ether oxygens (including phenoxy) is 2. The second kappa shape index (κ2) is 9.86. The summed E-state index contributed by atoms with van der Waals surface area (Å²) in [6.45, 7) is 3.28. The number of morpholine rings is 1. The van der Waals surface area contributed by atoms with Crippen LogP contribution in [0.3, 0.4) is 0 Å². The van der Waals surface area contributed by atoms with Gasteiger partial charge in [-0.1, -0.05) is 17.3 Å². The molecule has 2 aromatic heterocycles. The van der Waals surface area contributed by atoms with Crippen molar-refractivity contribution in [1.82, 2.24) is 30.5 Å². The van der Waals surface area contributed by atoms with Crippen LogP contribution in [-0.4, -0.2) is 63.9 Å². The van der Waals surface area contributed by atoms with Gasteiger partial charge < -0.3 is 19.7 Å². The molecule has 0 bridgehead atoms. The van der Waals surface area contributed by atoms with Crippen LogP contribution in [0, 0.1) is 6.92 Å². The molecule has 1 N–H and O–H groups in total. The number of hydrogen-bond acceptors (Lipinski definition) is 8. The molecule has 33 heavy (non-hydrogen) atoms. The summed E-state index contributed by atoms with van der Waals surface area (Å²) in [4.78, 5) is 13.8. The van der Waals surface area contributed by atoms with E-state index in [9.17, 15) is 13.6 Å². The number of aromatic nitrogens is 5. The minimum absolute atomic E-state index is 0.0642.